The number of fused-ring (bicyclic) bond motifs is 4. The topological polar surface area (TPSA) is 82.5 Å². The van der Waals surface area contributed by atoms with E-state index in [4.69, 9.17) is 9.47 Å². The summed E-state index contributed by atoms with van der Waals surface area (Å²) in [6.45, 7) is 31.0. The van der Waals surface area contributed by atoms with Crippen LogP contribution < -0.4 is 9.47 Å². The van der Waals surface area contributed by atoms with Crippen LogP contribution in [0.5, 0.6) is 11.5 Å². The van der Waals surface area contributed by atoms with Gasteiger partial charge in [0.05, 0.1) is 11.2 Å². The van der Waals surface area contributed by atoms with Gasteiger partial charge in [-0.05, 0) is 169 Å². The van der Waals surface area contributed by atoms with Crippen molar-refractivity contribution in [3.63, 3.8) is 0 Å². The molecule has 2 saturated heterocycles. The highest BCUT2D eigenvalue weighted by Crippen LogP contribution is 2.81. The second kappa shape index (κ2) is 13.9. The highest BCUT2D eigenvalue weighted by molar-refractivity contribution is 5.82. The molecule has 10 aliphatic carbocycles. The predicted octanol–water partition coefficient (Wildman–Crippen LogP) is 11.4. The monoisotopic (exact) mass is 929 g/mol. The maximum atomic E-state index is 13.6. The van der Waals surface area contributed by atoms with Gasteiger partial charge in [-0.15, -0.1) is 0 Å². The molecule has 2 aromatic carbocycles. The summed E-state index contributed by atoms with van der Waals surface area (Å²) in [7, 11) is 2.34. The van der Waals surface area contributed by atoms with Crippen molar-refractivity contribution >= 4 is 5.91 Å². The van der Waals surface area contributed by atoms with Crippen LogP contribution in [0, 0.1) is 70.0 Å². The van der Waals surface area contributed by atoms with Gasteiger partial charge in [0, 0.05) is 68.2 Å². The summed E-state index contributed by atoms with van der Waals surface area (Å²) >= 11 is 0. The first-order chi connectivity index (χ1) is 31.7. The van der Waals surface area contributed by atoms with Crippen LogP contribution in [0.1, 0.15) is 187 Å². The van der Waals surface area contributed by atoms with Crippen molar-refractivity contribution in [2.75, 3.05) is 20.1 Å². The highest BCUT2D eigenvalue weighted by Gasteiger charge is 2.82. The van der Waals surface area contributed by atoms with Crippen LogP contribution >= 0.6 is 0 Å². The van der Waals surface area contributed by atoms with Gasteiger partial charge >= 0.3 is 0 Å². The average Bonchev–Trinajstić information content (AvgIpc) is 4.20. The minimum Gasteiger partial charge on any atom is -0.488 e. The quantitative estimate of drug-likeness (QED) is 0.319. The van der Waals surface area contributed by atoms with Crippen LogP contribution in [0.4, 0.5) is 0 Å². The molecule has 7 heteroatoms. The lowest BCUT2D eigenvalue weighted by molar-refractivity contribution is -0.274. The zero-order chi connectivity index (χ0) is 48.5. The molecule has 68 heavy (non-hydrogen) atoms. The summed E-state index contributed by atoms with van der Waals surface area (Å²) in [5.41, 5.74) is 6.86. The fraction of sp³-hybridized carbons (Fsp3) is 0.787. The summed E-state index contributed by atoms with van der Waals surface area (Å²) in [6, 6.07) is 10.0. The Bertz CT molecular complexity index is 2470. The van der Waals surface area contributed by atoms with Crippen LogP contribution in [0.15, 0.2) is 24.3 Å². The number of benzene rings is 2. The lowest BCUT2D eigenvalue weighted by Gasteiger charge is -2.75. The van der Waals surface area contributed by atoms with Gasteiger partial charge in [0.15, 0.2) is 0 Å². The normalized spacial score (nSPS) is 43.3. The second-order valence-corrected chi connectivity index (χ2v) is 29.0. The van der Waals surface area contributed by atoms with Crippen molar-refractivity contribution < 1.29 is 24.5 Å². The van der Waals surface area contributed by atoms with Crippen molar-refractivity contribution in [2.45, 2.75) is 226 Å². The van der Waals surface area contributed by atoms with E-state index in [2.05, 4.69) is 131 Å². The summed E-state index contributed by atoms with van der Waals surface area (Å²) < 4.78 is 14.2. The number of hydrogen-bond acceptors (Lipinski definition) is 6. The first kappa shape index (κ1) is 46.5. The molecule has 2 N–H and O–H groups in total. The predicted molar refractivity (Wildman–Crippen MR) is 270 cm³/mol. The third-order valence-electron chi connectivity index (χ3n) is 24.1. The number of nitrogens with zero attached hydrogens (tertiary/aromatic N) is 2. The van der Waals surface area contributed by atoms with Gasteiger partial charge in [0.25, 0.3) is 0 Å². The van der Waals surface area contributed by atoms with E-state index in [0.29, 0.717) is 11.9 Å². The van der Waals surface area contributed by atoms with Gasteiger partial charge < -0.3 is 29.5 Å². The second-order valence-electron chi connectivity index (χ2n) is 29.0. The van der Waals surface area contributed by atoms with Crippen LogP contribution in [-0.2, 0) is 28.5 Å². The summed E-state index contributed by atoms with van der Waals surface area (Å²) in [6.07, 6.45) is 16.5. The molecule has 8 bridgehead atoms. The largest absolute Gasteiger partial charge is 0.488 e. The van der Waals surface area contributed by atoms with Crippen molar-refractivity contribution in [3.05, 3.63) is 57.6 Å². The Labute approximate surface area is 410 Å². The Kier molecular flexibility index (Phi) is 9.50. The van der Waals surface area contributed by atoms with E-state index in [1.807, 2.05) is 0 Å². The number of aliphatic hydroxyl groups is 2. The fourth-order valence-electron chi connectivity index (χ4n) is 19.0. The number of likely N-dealkylation sites (tertiary alicyclic amines) is 2. The highest BCUT2D eigenvalue weighted by atomic mass is 16.5. The third-order valence-corrected chi connectivity index (χ3v) is 24.1. The maximum absolute atomic E-state index is 13.6. The number of carbonyl (C=O) groups is 1. The van der Waals surface area contributed by atoms with Crippen molar-refractivity contribution in [3.8, 4) is 11.5 Å². The first-order valence-corrected chi connectivity index (χ1v) is 27.7. The molecule has 4 heterocycles. The summed E-state index contributed by atoms with van der Waals surface area (Å²) in [5.74, 6) is 4.47. The molecule has 372 valence electrons. The smallest absolute Gasteiger partial charge is 0.225 e. The number of piperidine rings is 2. The Morgan fingerprint density at radius 1 is 0.632 bits per heavy atom. The lowest BCUT2D eigenvalue weighted by Crippen LogP contribution is -2.80. The van der Waals surface area contributed by atoms with E-state index in [0.717, 1.165) is 82.5 Å². The Morgan fingerprint density at radius 2 is 1.06 bits per heavy atom. The molecule has 0 unspecified atom stereocenters. The molecule has 4 spiro atoms. The average molecular weight is 929 g/mol. The molecule has 7 nitrogen and oxygen atoms in total. The molecular formula is C61H88N2O5. The molecule has 2 aromatic rings. The van der Waals surface area contributed by atoms with Gasteiger partial charge in [-0.25, -0.2) is 0 Å². The van der Waals surface area contributed by atoms with Crippen molar-refractivity contribution in [1.82, 2.24) is 9.80 Å². The zero-order valence-corrected chi connectivity index (χ0v) is 44.8. The minimum absolute atomic E-state index is 0.000931. The van der Waals surface area contributed by atoms with Crippen LogP contribution in [0.2, 0.25) is 0 Å². The van der Waals surface area contributed by atoms with Gasteiger partial charge in [-0.3, -0.25) is 4.79 Å². The number of likely N-dealkylation sites (N-methyl/N-ethyl adjacent to an activating group) is 1. The molecular weight excluding hydrogens is 841 g/mol. The molecule has 14 atom stereocenters. The van der Waals surface area contributed by atoms with E-state index in [-0.39, 0.29) is 79.3 Å². The van der Waals surface area contributed by atoms with E-state index in [9.17, 15) is 15.0 Å². The van der Waals surface area contributed by atoms with E-state index in [1.165, 1.54) is 65.7 Å². The van der Waals surface area contributed by atoms with Gasteiger partial charge in [0.2, 0.25) is 5.91 Å². The van der Waals surface area contributed by atoms with Crippen molar-refractivity contribution in [1.29, 1.82) is 0 Å². The summed E-state index contributed by atoms with van der Waals surface area (Å²) in [4.78, 5) is 18.6. The Hall–Kier alpha value is -2.61. The minimum atomic E-state index is -0.816. The van der Waals surface area contributed by atoms with E-state index in [1.54, 1.807) is 5.56 Å². The molecule has 0 radical (unpaired) electrons. The van der Waals surface area contributed by atoms with Crippen molar-refractivity contribution in [2.24, 2.45) is 56.2 Å². The zero-order valence-electron chi connectivity index (χ0n) is 44.8. The molecule has 4 aliphatic heterocycles. The maximum Gasteiger partial charge on any atom is 0.225 e. The third kappa shape index (κ3) is 5.42. The van der Waals surface area contributed by atoms with E-state index < -0.39 is 11.2 Å². The number of ether oxygens (including phenoxy) is 2. The van der Waals surface area contributed by atoms with Gasteiger partial charge in [-0.2, -0.15) is 0 Å². The number of hydrogen-bond donors (Lipinski definition) is 2. The number of aryl methyl sites for hydroxylation is 2. The Morgan fingerprint density at radius 3 is 1.49 bits per heavy atom. The van der Waals surface area contributed by atoms with Crippen LogP contribution in [0.3, 0.4) is 0 Å². The molecule has 10 fully saturated rings. The standard InChI is InChI=1S/C30H41NO3.C27H39NO2.C4H8/c1-17-7-8-19-15-21-29-12-11-27(5,20(16-29)28(6,33)26(2,3)4)25-30(29,22(19)23(17)34-25)13-14-31(21)24(32)18-9-10-18;1-16-8-9-17-14-19-26-11-10-24(5,18(15-26)25(6,29)23(2,3)4)22-27(26,12-13-28(19)7)20(17)21(16)30-22;1-4-2-3-4/h7-8,18,20-21,25,33H,9-16H2,1-6H3;8-9,18-19,22,29H,10-15H2,1-7H3;4H,2-3H2,1H3/t20-,21+,25-,27-,28-,29+,30-;18-,19+,22-,24-,25-,26+,27-;/m00./s1. The van der Waals surface area contributed by atoms with E-state index >= 15 is 0 Å². The lowest BCUT2D eigenvalue weighted by atomic mass is 9.31. The number of carbonyl (C=O) groups excluding carboxylic acids is 1. The molecule has 8 saturated carbocycles. The first-order valence-electron chi connectivity index (χ1n) is 27.7. The van der Waals surface area contributed by atoms with Gasteiger partial charge in [-0.1, -0.05) is 99.4 Å². The fourth-order valence-corrected chi connectivity index (χ4v) is 19.0. The molecule has 1 amide bonds. The Balaban J connectivity index is 0.000000131. The number of amides is 1. The molecule has 14 aliphatic rings. The van der Waals surface area contributed by atoms with Gasteiger partial charge in [0.1, 0.15) is 23.7 Å². The summed E-state index contributed by atoms with van der Waals surface area (Å²) in [5, 5.41) is 24.2. The van der Waals surface area contributed by atoms with Crippen LogP contribution in [-0.4, -0.2) is 81.6 Å². The molecule has 16 rings (SSSR count). The van der Waals surface area contributed by atoms with Crippen LogP contribution in [0.25, 0.3) is 0 Å². The number of rotatable bonds is 3. The molecule has 0 aromatic heterocycles. The SMILES string of the molecule is CC1CC1.Cc1ccc2c3c1O[C@H]1[C@@]4(C)CC[C@@]5(C[C@@H]4[C@](C)(O)C(C)(C)C)[C@@H](C2)N(C(=O)C2CC2)CC[C@]315.Cc1ccc2c3c1O[C@H]1[C@@]4(C)CC[C@@]5(C[C@@H]4[C@](C)(O)C(C)(C)C)[C@@H](C2)N(C)CC[C@]315.